The van der Waals surface area contributed by atoms with Crippen LogP contribution < -0.4 is 0 Å². The molecule has 0 saturated carbocycles. The molecule has 116 valence electrons. The van der Waals surface area contributed by atoms with Crippen molar-refractivity contribution < 1.29 is 10.2 Å². The van der Waals surface area contributed by atoms with E-state index in [1.54, 1.807) is 6.92 Å². The SMILES string of the molecule is C/C=C(\C)CO.CC1=C(/C=C/C(C)O)C(C)(C)CCC1. The number of hydrogen-bond acceptors (Lipinski definition) is 2. The van der Waals surface area contributed by atoms with Gasteiger partial charge in [0.25, 0.3) is 0 Å². The summed E-state index contributed by atoms with van der Waals surface area (Å²) in [5.41, 5.74) is 4.21. The summed E-state index contributed by atoms with van der Waals surface area (Å²) < 4.78 is 0. The molecule has 2 heteroatoms. The number of rotatable bonds is 3. The minimum absolute atomic E-state index is 0.191. The Morgan fingerprint density at radius 1 is 1.40 bits per heavy atom. The van der Waals surface area contributed by atoms with Gasteiger partial charge >= 0.3 is 0 Å². The van der Waals surface area contributed by atoms with Crippen LogP contribution in [0.15, 0.2) is 34.9 Å². The molecule has 0 spiro atoms. The molecular formula is C18H32O2. The Hall–Kier alpha value is -0.860. The molecule has 1 aliphatic rings. The molecule has 1 unspecified atom stereocenters. The monoisotopic (exact) mass is 280 g/mol. The maximum Gasteiger partial charge on any atom is 0.0695 e. The highest BCUT2D eigenvalue weighted by molar-refractivity contribution is 5.32. The first-order valence-electron chi connectivity index (χ1n) is 7.53. The Morgan fingerprint density at radius 2 is 2.00 bits per heavy atom. The highest BCUT2D eigenvalue weighted by atomic mass is 16.3. The van der Waals surface area contributed by atoms with E-state index in [0.29, 0.717) is 0 Å². The van der Waals surface area contributed by atoms with Crippen molar-refractivity contribution in [2.75, 3.05) is 6.61 Å². The zero-order valence-corrected chi connectivity index (χ0v) is 14.0. The minimum Gasteiger partial charge on any atom is -0.392 e. The van der Waals surface area contributed by atoms with Crippen LogP contribution in [0.4, 0.5) is 0 Å². The van der Waals surface area contributed by atoms with Crippen LogP contribution in [-0.4, -0.2) is 22.9 Å². The fourth-order valence-corrected chi connectivity index (χ4v) is 2.34. The molecule has 0 bridgehead atoms. The smallest absolute Gasteiger partial charge is 0.0695 e. The molecular weight excluding hydrogens is 248 g/mol. The minimum atomic E-state index is -0.340. The van der Waals surface area contributed by atoms with Crippen LogP contribution in [0.5, 0.6) is 0 Å². The van der Waals surface area contributed by atoms with E-state index in [4.69, 9.17) is 5.11 Å². The summed E-state index contributed by atoms with van der Waals surface area (Å²) in [5, 5.41) is 17.5. The van der Waals surface area contributed by atoms with E-state index in [2.05, 4.69) is 26.8 Å². The second-order valence-electron chi connectivity index (χ2n) is 6.32. The lowest BCUT2D eigenvalue weighted by atomic mass is 9.72. The van der Waals surface area contributed by atoms with Gasteiger partial charge in [-0.05, 0) is 57.9 Å². The summed E-state index contributed by atoms with van der Waals surface area (Å²) in [5.74, 6) is 0. The molecule has 0 aromatic heterocycles. The van der Waals surface area contributed by atoms with Gasteiger partial charge in [-0.2, -0.15) is 0 Å². The molecule has 1 atom stereocenters. The predicted molar refractivity (Wildman–Crippen MR) is 87.7 cm³/mol. The van der Waals surface area contributed by atoms with Crippen molar-refractivity contribution in [3.63, 3.8) is 0 Å². The van der Waals surface area contributed by atoms with Gasteiger partial charge in [0.05, 0.1) is 12.7 Å². The maximum atomic E-state index is 9.23. The molecule has 1 aliphatic carbocycles. The fraction of sp³-hybridized carbons (Fsp3) is 0.667. The van der Waals surface area contributed by atoms with Gasteiger partial charge in [0.15, 0.2) is 0 Å². The van der Waals surface area contributed by atoms with E-state index in [-0.39, 0.29) is 18.1 Å². The third-order valence-corrected chi connectivity index (χ3v) is 3.83. The van der Waals surface area contributed by atoms with Crippen molar-refractivity contribution >= 4 is 0 Å². The molecule has 0 aromatic carbocycles. The third kappa shape index (κ3) is 7.06. The molecule has 0 fully saturated rings. The highest BCUT2D eigenvalue weighted by Crippen LogP contribution is 2.40. The molecule has 0 amide bonds. The van der Waals surface area contributed by atoms with E-state index < -0.39 is 0 Å². The van der Waals surface area contributed by atoms with Crippen LogP contribution >= 0.6 is 0 Å². The first-order valence-corrected chi connectivity index (χ1v) is 7.53. The standard InChI is InChI=1S/C13H22O.C5H10O/c1-10-6-5-9-13(3,4)12(10)8-7-11(2)14;1-3-5(2)4-6/h7-8,11,14H,5-6,9H2,1-4H3;3,6H,4H2,1-2H3/b8-7+;5-3+. The van der Waals surface area contributed by atoms with E-state index in [9.17, 15) is 5.11 Å². The van der Waals surface area contributed by atoms with Gasteiger partial charge in [-0.15, -0.1) is 0 Å². The zero-order valence-electron chi connectivity index (χ0n) is 14.0. The van der Waals surface area contributed by atoms with Gasteiger partial charge in [0.2, 0.25) is 0 Å². The van der Waals surface area contributed by atoms with E-state index in [1.165, 1.54) is 30.4 Å². The Bertz CT molecular complexity index is 371. The summed E-state index contributed by atoms with van der Waals surface area (Å²) in [7, 11) is 0. The average molecular weight is 280 g/mol. The Morgan fingerprint density at radius 3 is 2.35 bits per heavy atom. The molecule has 0 heterocycles. The van der Waals surface area contributed by atoms with Crippen molar-refractivity contribution in [3.8, 4) is 0 Å². The second kappa shape index (κ2) is 9.15. The van der Waals surface area contributed by atoms with Crippen molar-refractivity contribution in [2.24, 2.45) is 5.41 Å². The molecule has 2 N–H and O–H groups in total. The molecule has 0 aromatic rings. The molecule has 0 aliphatic heterocycles. The van der Waals surface area contributed by atoms with E-state index >= 15 is 0 Å². The Kier molecular flexibility index (Phi) is 8.75. The lowest BCUT2D eigenvalue weighted by Crippen LogP contribution is -2.19. The first kappa shape index (κ1) is 19.1. The van der Waals surface area contributed by atoms with Gasteiger partial charge in [0.1, 0.15) is 0 Å². The number of hydrogen-bond donors (Lipinski definition) is 2. The molecule has 2 nitrogen and oxygen atoms in total. The molecule has 0 radical (unpaired) electrons. The normalized spacial score (nSPS) is 20.7. The van der Waals surface area contributed by atoms with Crippen molar-refractivity contribution in [3.05, 3.63) is 34.9 Å². The number of allylic oxidation sites excluding steroid dienone is 4. The van der Waals surface area contributed by atoms with Gasteiger partial charge in [-0.3, -0.25) is 0 Å². The van der Waals surface area contributed by atoms with Crippen molar-refractivity contribution in [1.82, 2.24) is 0 Å². The van der Waals surface area contributed by atoms with Crippen LogP contribution in [0.2, 0.25) is 0 Å². The maximum absolute atomic E-state index is 9.23. The van der Waals surface area contributed by atoms with Crippen LogP contribution in [0.3, 0.4) is 0 Å². The molecule has 20 heavy (non-hydrogen) atoms. The van der Waals surface area contributed by atoms with Gasteiger partial charge in [-0.1, -0.05) is 43.2 Å². The number of aliphatic hydroxyl groups is 2. The summed E-state index contributed by atoms with van der Waals surface area (Å²) in [4.78, 5) is 0. The van der Waals surface area contributed by atoms with Crippen LogP contribution in [0.1, 0.15) is 60.8 Å². The average Bonchev–Trinajstić information content (AvgIpc) is 2.36. The second-order valence-corrected chi connectivity index (χ2v) is 6.32. The highest BCUT2D eigenvalue weighted by Gasteiger charge is 2.26. The van der Waals surface area contributed by atoms with Crippen LogP contribution in [0.25, 0.3) is 0 Å². The van der Waals surface area contributed by atoms with Crippen molar-refractivity contribution in [2.45, 2.75) is 66.9 Å². The van der Waals surface area contributed by atoms with Gasteiger partial charge in [-0.25, -0.2) is 0 Å². The van der Waals surface area contributed by atoms with Crippen LogP contribution in [-0.2, 0) is 0 Å². The Balaban J connectivity index is 0.000000511. The lowest BCUT2D eigenvalue weighted by molar-refractivity contribution is 0.243. The van der Waals surface area contributed by atoms with Crippen LogP contribution in [0, 0.1) is 5.41 Å². The third-order valence-electron chi connectivity index (χ3n) is 3.83. The summed E-state index contributed by atoms with van der Waals surface area (Å²) in [6.45, 7) is 12.6. The molecule has 0 saturated heterocycles. The summed E-state index contributed by atoms with van der Waals surface area (Å²) in [6, 6.07) is 0. The van der Waals surface area contributed by atoms with Gasteiger partial charge < -0.3 is 10.2 Å². The zero-order chi connectivity index (χ0) is 15.8. The largest absolute Gasteiger partial charge is 0.392 e. The van der Waals surface area contributed by atoms with Gasteiger partial charge in [0, 0.05) is 0 Å². The quantitative estimate of drug-likeness (QED) is 0.752. The topological polar surface area (TPSA) is 40.5 Å². The predicted octanol–water partition coefficient (Wildman–Crippen LogP) is 4.39. The lowest BCUT2D eigenvalue weighted by Gasteiger charge is -2.33. The fourth-order valence-electron chi connectivity index (χ4n) is 2.34. The molecule has 1 rings (SSSR count). The first-order chi connectivity index (χ1) is 9.24. The van der Waals surface area contributed by atoms with E-state index in [1.807, 2.05) is 26.0 Å². The summed E-state index contributed by atoms with van der Waals surface area (Å²) in [6.07, 6.45) is 9.30. The van der Waals surface area contributed by atoms with Crippen molar-refractivity contribution in [1.29, 1.82) is 0 Å². The summed E-state index contributed by atoms with van der Waals surface area (Å²) >= 11 is 0. The number of aliphatic hydroxyl groups excluding tert-OH is 2. The Labute approximate surface area is 124 Å². The van der Waals surface area contributed by atoms with E-state index in [0.717, 1.165) is 5.57 Å².